The van der Waals surface area contributed by atoms with Gasteiger partial charge in [0.1, 0.15) is 5.75 Å². The van der Waals surface area contributed by atoms with Crippen LogP contribution in [0.2, 0.25) is 0 Å². The second-order valence-corrected chi connectivity index (χ2v) is 5.92. The Labute approximate surface area is 157 Å². The van der Waals surface area contributed by atoms with E-state index in [2.05, 4.69) is 10.5 Å². The van der Waals surface area contributed by atoms with Crippen LogP contribution in [0.5, 0.6) is 5.75 Å². The number of ether oxygens (including phenoxy) is 2. The van der Waals surface area contributed by atoms with Crippen molar-refractivity contribution in [2.45, 2.75) is 0 Å². The van der Waals surface area contributed by atoms with Gasteiger partial charge in [0.25, 0.3) is 11.8 Å². The van der Waals surface area contributed by atoms with Crippen molar-refractivity contribution in [3.05, 3.63) is 65.7 Å². The van der Waals surface area contributed by atoms with Gasteiger partial charge in [0.05, 0.1) is 19.4 Å². The van der Waals surface area contributed by atoms with Crippen LogP contribution in [-0.2, 0) is 9.53 Å². The second kappa shape index (κ2) is 9.49. The van der Waals surface area contributed by atoms with E-state index in [0.717, 1.165) is 5.56 Å². The summed E-state index contributed by atoms with van der Waals surface area (Å²) < 4.78 is 10.8. The van der Waals surface area contributed by atoms with E-state index in [1.807, 2.05) is 6.07 Å². The van der Waals surface area contributed by atoms with Crippen molar-refractivity contribution in [1.29, 1.82) is 0 Å². The number of nitrogens with zero attached hydrogens (tertiary/aromatic N) is 2. The SMILES string of the molecule is O=C(N/N=C\c1ccc(OCC(=O)N2CCOCC2)cc1)c1ccccc1. The molecule has 0 spiro atoms. The Morgan fingerprint density at radius 1 is 1.07 bits per heavy atom. The van der Waals surface area contributed by atoms with Gasteiger partial charge in [0, 0.05) is 18.7 Å². The molecular weight excluding hydrogens is 346 g/mol. The summed E-state index contributed by atoms with van der Waals surface area (Å²) in [6.45, 7) is 2.35. The average Bonchev–Trinajstić information content (AvgIpc) is 2.74. The molecule has 1 N–H and O–H groups in total. The van der Waals surface area contributed by atoms with E-state index in [-0.39, 0.29) is 18.4 Å². The van der Waals surface area contributed by atoms with Gasteiger partial charge in [0.15, 0.2) is 6.61 Å². The molecule has 140 valence electrons. The molecule has 1 aliphatic rings. The van der Waals surface area contributed by atoms with Crippen molar-refractivity contribution in [2.24, 2.45) is 5.10 Å². The zero-order chi connectivity index (χ0) is 18.9. The Morgan fingerprint density at radius 3 is 2.48 bits per heavy atom. The number of morpholine rings is 1. The van der Waals surface area contributed by atoms with Crippen LogP contribution in [0.25, 0.3) is 0 Å². The molecule has 7 heteroatoms. The van der Waals surface area contributed by atoms with Crippen molar-refractivity contribution < 1.29 is 19.1 Å². The number of carbonyl (C=O) groups is 2. The lowest BCUT2D eigenvalue weighted by Crippen LogP contribution is -2.42. The van der Waals surface area contributed by atoms with E-state index >= 15 is 0 Å². The van der Waals surface area contributed by atoms with E-state index in [4.69, 9.17) is 9.47 Å². The summed E-state index contributed by atoms with van der Waals surface area (Å²) in [5.74, 6) is 0.281. The fourth-order valence-electron chi connectivity index (χ4n) is 2.52. The van der Waals surface area contributed by atoms with Gasteiger partial charge in [-0.25, -0.2) is 5.43 Å². The topological polar surface area (TPSA) is 80.2 Å². The predicted molar refractivity (Wildman–Crippen MR) is 101 cm³/mol. The number of hydrogen-bond acceptors (Lipinski definition) is 5. The van der Waals surface area contributed by atoms with Crippen molar-refractivity contribution in [2.75, 3.05) is 32.9 Å². The highest BCUT2D eigenvalue weighted by atomic mass is 16.5. The van der Waals surface area contributed by atoms with Crippen LogP contribution < -0.4 is 10.2 Å². The minimum atomic E-state index is -0.270. The van der Waals surface area contributed by atoms with Crippen molar-refractivity contribution in [3.8, 4) is 5.75 Å². The van der Waals surface area contributed by atoms with E-state index in [1.54, 1.807) is 59.6 Å². The molecule has 27 heavy (non-hydrogen) atoms. The predicted octanol–water partition coefficient (Wildman–Crippen LogP) is 1.69. The summed E-state index contributed by atoms with van der Waals surface area (Å²) in [6, 6.07) is 16.0. The first-order chi connectivity index (χ1) is 13.2. The highest BCUT2D eigenvalue weighted by molar-refractivity contribution is 5.94. The van der Waals surface area contributed by atoms with E-state index < -0.39 is 0 Å². The van der Waals surface area contributed by atoms with Gasteiger partial charge >= 0.3 is 0 Å². The first kappa shape index (κ1) is 18.6. The smallest absolute Gasteiger partial charge is 0.271 e. The molecule has 1 heterocycles. The van der Waals surface area contributed by atoms with E-state index in [0.29, 0.717) is 37.6 Å². The molecule has 1 fully saturated rings. The average molecular weight is 367 g/mol. The monoisotopic (exact) mass is 367 g/mol. The fraction of sp³-hybridized carbons (Fsp3) is 0.250. The van der Waals surface area contributed by atoms with Gasteiger partial charge in [-0.1, -0.05) is 18.2 Å². The summed E-state index contributed by atoms with van der Waals surface area (Å²) in [6.07, 6.45) is 1.55. The number of rotatable bonds is 6. The van der Waals surface area contributed by atoms with Crippen molar-refractivity contribution in [1.82, 2.24) is 10.3 Å². The molecule has 1 aliphatic heterocycles. The van der Waals surface area contributed by atoms with Gasteiger partial charge in [-0.05, 0) is 42.0 Å². The number of hydrogen-bond donors (Lipinski definition) is 1. The number of benzene rings is 2. The molecule has 0 saturated carbocycles. The van der Waals surface area contributed by atoms with Crippen LogP contribution in [0.1, 0.15) is 15.9 Å². The molecular formula is C20H21N3O4. The third kappa shape index (κ3) is 5.65. The van der Waals surface area contributed by atoms with Gasteiger partial charge < -0.3 is 14.4 Å². The molecule has 0 unspecified atom stereocenters. The molecule has 2 aromatic carbocycles. The third-order valence-electron chi connectivity index (χ3n) is 4.02. The zero-order valence-electron chi connectivity index (χ0n) is 14.8. The van der Waals surface area contributed by atoms with Gasteiger partial charge in [-0.2, -0.15) is 5.10 Å². The molecule has 1 saturated heterocycles. The number of amides is 2. The highest BCUT2D eigenvalue weighted by Crippen LogP contribution is 2.11. The molecule has 0 aliphatic carbocycles. The lowest BCUT2D eigenvalue weighted by atomic mass is 10.2. The second-order valence-electron chi connectivity index (χ2n) is 5.92. The lowest BCUT2D eigenvalue weighted by Gasteiger charge is -2.26. The van der Waals surface area contributed by atoms with E-state index in [1.165, 1.54) is 0 Å². The van der Waals surface area contributed by atoms with Crippen LogP contribution in [0.3, 0.4) is 0 Å². The van der Waals surface area contributed by atoms with E-state index in [9.17, 15) is 9.59 Å². The Kier molecular flexibility index (Phi) is 6.54. The lowest BCUT2D eigenvalue weighted by molar-refractivity contribution is -0.137. The quantitative estimate of drug-likeness (QED) is 0.622. The molecule has 3 rings (SSSR count). The molecule has 0 aromatic heterocycles. The Morgan fingerprint density at radius 2 is 1.78 bits per heavy atom. The van der Waals surface area contributed by atoms with Gasteiger partial charge in [-0.3, -0.25) is 9.59 Å². The van der Waals surface area contributed by atoms with Crippen LogP contribution in [-0.4, -0.2) is 55.8 Å². The van der Waals surface area contributed by atoms with Gasteiger partial charge in [-0.15, -0.1) is 0 Å². The first-order valence-corrected chi connectivity index (χ1v) is 8.69. The maximum absolute atomic E-state index is 12.0. The van der Waals surface area contributed by atoms with Crippen molar-refractivity contribution >= 4 is 18.0 Å². The number of hydrazone groups is 1. The third-order valence-corrected chi connectivity index (χ3v) is 4.02. The molecule has 0 atom stereocenters. The largest absolute Gasteiger partial charge is 0.484 e. The first-order valence-electron chi connectivity index (χ1n) is 8.69. The minimum absolute atomic E-state index is 0.000564. The maximum atomic E-state index is 12.0. The minimum Gasteiger partial charge on any atom is -0.484 e. The summed E-state index contributed by atoms with van der Waals surface area (Å²) >= 11 is 0. The highest BCUT2D eigenvalue weighted by Gasteiger charge is 2.16. The van der Waals surface area contributed by atoms with Crippen LogP contribution in [0, 0.1) is 0 Å². The van der Waals surface area contributed by atoms with Gasteiger partial charge in [0.2, 0.25) is 0 Å². The van der Waals surface area contributed by atoms with Crippen molar-refractivity contribution in [3.63, 3.8) is 0 Å². The Balaban J connectivity index is 1.45. The molecule has 2 amide bonds. The Bertz CT molecular complexity index is 785. The summed E-state index contributed by atoms with van der Waals surface area (Å²) in [5, 5.41) is 3.94. The maximum Gasteiger partial charge on any atom is 0.271 e. The molecule has 0 bridgehead atoms. The summed E-state index contributed by atoms with van der Waals surface area (Å²) in [7, 11) is 0. The van der Waals surface area contributed by atoms with Crippen LogP contribution in [0.4, 0.5) is 0 Å². The summed E-state index contributed by atoms with van der Waals surface area (Å²) in [5.41, 5.74) is 3.82. The molecule has 2 aromatic rings. The summed E-state index contributed by atoms with van der Waals surface area (Å²) in [4.78, 5) is 25.7. The molecule has 7 nitrogen and oxygen atoms in total. The normalized spacial score (nSPS) is 14.1. The Hall–Kier alpha value is -3.19. The molecule has 0 radical (unpaired) electrons. The standard InChI is InChI=1S/C20H21N3O4/c24-19(23-10-12-26-13-11-23)15-27-18-8-6-16(7-9-18)14-21-22-20(25)17-4-2-1-3-5-17/h1-9,14H,10-13,15H2,(H,22,25)/b21-14-. The van der Waals surface area contributed by atoms with Crippen LogP contribution >= 0.6 is 0 Å². The fourth-order valence-corrected chi connectivity index (χ4v) is 2.52. The number of nitrogens with one attached hydrogen (secondary N) is 1. The zero-order valence-corrected chi connectivity index (χ0v) is 14.8. The number of carbonyl (C=O) groups excluding carboxylic acids is 2. The van der Waals surface area contributed by atoms with Crippen LogP contribution in [0.15, 0.2) is 59.7 Å².